The first-order valence-corrected chi connectivity index (χ1v) is 2.88. The number of rotatable bonds is 0. The van der Waals surface area contributed by atoms with Crippen molar-refractivity contribution < 1.29 is 0 Å². The van der Waals surface area contributed by atoms with E-state index in [1.807, 2.05) is 0 Å². The predicted molar refractivity (Wildman–Crippen MR) is 28.8 cm³/mol. The monoisotopic (exact) mass is 108 g/mol. The zero-order valence-corrected chi connectivity index (χ0v) is 4.65. The predicted octanol–water partition coefficient (Wildman–Crippen LogP) is 0.391. The number of nitriles is 1. The highest BCUT2D eigenvalue weighted by Gasteiger charge is 2.66. The Hall–Kier alpha value is -0.550. The van der Waals surface area contributed by atoms with Gasteiger partial charge in [0.2, 0.25) is 0 Å². The molecule has 0 amide bonds. The fraction of sp³-hybridized carbons (Fsp3) is 0.833. The van der Waals surface area contributed by atoms with Crippen molar-refractivity contribution >= 4 is 0 Å². The minimum Gasteiger partial charge on any atom is -0.325 e. The molecule has 0 aliphatic heterocycles. The van der Waals surface area contributed by atoms with Crippen LogP contribution in [0.15, 0.2) is 0 Å². The van der Waals surface area contributed by atoms with Crippen molar-refractivity contribution in [3.8, 4) is 6.07 Å². The highest BCUT2D eigenvalue weighted by atomic mass is 14.9. The van der Waals surface area contributed by atoms with Gasteiger partial charge in [0.15, 0.2) is 0 Å². The molecule has 8 heavy (non-hydrogen) atoms. The fourth-order valence-electron chi connectivity index (χ4n) is 1.99. The largest absolute Gasteiger partial charge is 0.325 e. The molecule has 0 saturated heterocycles. The summed E-state index contributed by atoms with van der Waals surface area (Å²) in [5.41, 5.74) is 5.85. The summed E-state index contributed by atoms with van der Waals surface area (Å²) in [5.74, 6) is 0. The fourth-order valence-corrected chi connectivity index (χ4v) is 1.99. The molecular formula is C6H8N2. The smallest absolute Gasteiger partial charge is 0.0691 e. The van der Waals surface area contributed by atoms with Gasteiger partial charge >= 0.3 is 0 Å². The summed E-state index contributed by atoms with van der Waals surface area (Å²) in [5, 5.41) is 8.49. The van der Waals surface area contributed by atoms with E-state index in [1.165, 1.54) is 0 Å². The first-order valence-electron chi connectivity index (χ1n) is 2.88. The molecule has 42 valence electrons. The Morgan fingerprint density at radius 3 is 2.00 bits per heavy atom. The van der Waals surface area contributed by atoms with Crippen LogP contribution in [-0.4, -0.2) is 5.54 Å². The van der Waals surface area contributed by atoms with E-state index in [-0.39, 0.29) is 11.0 Å². The van der Waals surface area contributed by atoms with Crippen LogP contribution in [0.3, 0.4) is 0 Å². The number of hydrogen-bond donors (Lipinski definition) is 1. The molecule has 0 spiro atoms. The summed E-state index contributed by atoms with van der Waals surface area (Å²) in [7, 11) is 0. The van der Waals surface area contributed by atoms with Crippen LogP contribution in [0.4, 0.5) is 0 Å². The molecule has 0 atom stereocenters. The number of nitrogens with zero attached hydrogens (tertiary/aromatic N) is 1. The van der Waals surface area contributed by atoms with Crippen molar-refractivity contribution in [2.45, 2.75) is 24.8 Å². The SMILES string of the molecule is N#CC12CC(N)(C1)C2. The van der Waals surface area contributed by atoms with Crippen LogP contribution in [0.2, 0.25) is 0 Å². The van der Waals surface area contributed by atoms with Gasteiger partial charge in [0.1, 0.15) is 0 Å². The summed E-state index contributed by atoms with van der Waals surface area (Å²) < 4.78 is 0. The van der Waals surface area contributed by atoms with Gasteiger partial charge in [-0.25, -0.2) is 0 Å². The van der Waals surface area contributed by atoms with E-state index < -0.39 is 0 Å². The molecule has 0 radical (unpaired) electrons. The Labute approximate surface area is 48.3 Å². The van der Waals surface area contributed by atoms with E-state index >= 15 is 0 Å². The van der Waals surface area contributed by atoms with Crippen LogP contribution in [0.25, 0.3) is 0 Å². The molecule has 3 saturated carbocycles. The first kappa shape index (κ1) is 4.34. The summed E-state index contributed by atoms with van der Waals surface area (Å²) in [6.07, 6.45) is 2.86. The summed E-state index contributed by atoms with van der Waals surface area (Å²) in [6, 6.07) is 2.29. The molecule has 3 fully saturated rings. The minimum absolute atomic E-state index is 0.0503. The third-order valence-corrected chi connectivity index (χ3v) is 2.31. The maximum Gasteiger partial charge on any atom is 0.0691 e. The molecule has 2 bridgehead atoms. The highest BCUT2D eigenvalue weighted by molar-refractivity contribution is 5.29. The van der Waals surface area contributed by atoms with Crippen molar-refractivity contribution in [2.24, 2.45) is 11.1 Å². The maximum absolute atomic E-state index is 8.49. The molecule has 2 heteroatoms. The molecule has 0 aromatic rings. The van der Waals surface area contributed by atoms with Gasteiger partial charge in [-0.15, -0.1) is 0 Å². The van der Waals surface area contributed by atoms with Crippen molar-refractivity contribution in [3.05, 3.63) is 0 Å². The van der Waals surface area contributed by atoms with Crippen LogP contribution < -0.4 is 5.73 Å². The number of hydrogen-bond acceptors (Lipinski definition) is 2. The Bertz CT molecular complexity index is 158. The van der Waals surface area contributed by atoms with Crippen molar-refractivity contribution in [3.63, 3.8) is 0 Å². The van der Waals surface area contributed by atoms with E-state index in [0.29, 0.717) is 0 Å². The second kappa shape index (κ2) is 0.803. The van der Waals surface area contributed by atoms with Gasteiger partial charge in [-0.3, -0.25) is 0 Å². The van der Waals surface area contributed by atoms with Crippen LogP contribution in [0, 0.1) is 16.7 Å². The lowest BCUT2D eigenvalue weighted by molar-refractivity contribution is -0.0824. The first-order chi connectivity index (χ1) is 3.68. The third-order valence-electron chi connectivity index (χ3n) is 2.31. The van der Waals surface area contributed by atoms with Gasteiger partial charge in [0, 0.05) is 5.54 Å². The van der Waals surface area contributed by atoms with Crippen LogP contribution in [0.5, 0.6) is 0 Å². The van der Waals surface area contributed by atoms with Gasteiger partial charge < -0.3 is 5.73 Å². The van der Waals surface area contributed by atoms with Gasteiger partial charge in [-0.2, -0.15) is 5.26 Å². The topological polar surface area (TPSA) is 49.8 Å². The van der Waals surface area contributed by atoms with Crippen molar-refractivity contribution in [1.82, 2.24) is 0 Å². The molecule has 0 aromatic heterocycles. The standard InChI is InChI=1S/C6H8N2/c7-4-5-1-6(8,2-5)3-5/h1-3,8H2. The molecule has 3 aliphatic carbocycles. The summed E-state index contributed by atoms with van der Waals surface area (Å²) in [4.78, 5) is 0. The summed E-state index contributed by atoms with van der Waals surface area (Å²) >= 11 is 0. The minimum atomic E-state index is 0.0503. The molecular weight excluding hydrogens is 100 g/mol. The molecule has 2 N–H and O–H groups in total. The Kier molecular flexibility index (Phi) is 0.435. The van der Waals surface area contributed by atoms with Crippen molar-refractivity contribution in [1.29, 1.82) is 5.26 Å². The quantitative estimate of drug-likeness (QED) is 0.488. The molecule has 0 aromatic carbocycles. The number of nitrogens with two attached hydrogens (primary N) is 1. The van der Waals surface area contributed by atoms with Gasteiger partial charge in [-0.05, 0) is 19.3 Å². The Morgan fingerprint density at radius 1 is 1.38 bits per heavy atom. The van der Waals surface area contributed by atoms with E-state index in [9.17, 15) is 0 Å². The third kappa shape index (κ3) is 0.258. The van der Waals surface area contributed by atoms with E-state index in [0.717, 1.165) is 19.3 Å². The Balaban J connectivity index is 2.17. The normalized spacial score (nSPS) is 58.0. The van der Waals surface area contributed by atoms with Gasteiger partial charge in [0.05, 0.1) is 11.5 Å². The van der Waals surface area contributed by atoms with E-state index in [1.54, 1.807) is 0 Å². The van der Waals surface area contributed by atoms with Crippen LogP contribution in [-0.2, 0) is 0 Å². The zero-order chi connectivity index (χ0) is 5.83. The van der Waals surface area contributed by atoms with Gasteiger partial charge in [-0.1, -0.05) is 0 Å². The average molecular weight is 108 g/mol. The van der Waals surface area contributed by atoms with E-state index in [2.05, 4.69) is 6.07 Å². The molecule has 0 heterocycles. The molecule has 3 aliphatic rings. The van der Waals surface area contributed by atoms with E-state index in [4.69, 9.17) is 11.0 Å². The zero-order valence-electron chi connectivity index (χ0n) is 4.65. The molecule has 3 rings (SSSR count). The Morgan fingerprint density at radius 2 is 1.88 bits per heavy atom. The lowest BCUT2D eigenvalue weighted by Gasteiger charge is -2.65. The second-order valence-corrected chi connectivity index (χ2v) is 3.28. The van der Waals surface area contributed by atoms with Crippen molar-refractivity contribution in [2.75, 3.05) is 0 Å². The lowest BCUT2D eigenvalue weighted by Crippen LogP contribution is -2.71. The highest BCUT2D eigenvalue weighted by Crippen LogP contribution is 2.65. The lowest BCUT2D eigenvalue weighted by atomic mass is 9.40. The maximum atomic E-state index is 8.49. The molecule has 2 nitrogen and oxygen atoms in total. The summed E-state index contributed by atoms with van der Waals surface area (Å²) in [6.45, 7) is 0. The van der Waals surface area contributed by atoms with Crippen LogP contribution >= 0.6 is 0 Å². The van der Waals surface area contributed by atoms with Crippen LogP contribution in [0.1, 0.15) is 19.3 Å². The van der Waals surface area contributed by atoms with Gasteiger partial charge in [0.25, 0.3) is 0 Å². The average Bonchev–Trinajstić information content (AvgIpc) is 1.55. The molecule has 0 unspecified atom stereocenters. The second-order valence-electron chi connectivity index (χ2n) is 3.28.